The van der Waals surface area contributed by atoms with E-state index in [1.807, 2.05) is 24.3 Å². The predicted molar refractivity (Wildman–Crippen MR) is 78.9 cm³/mol. The average molecular weight is 280 g/mol. The Kier molecular flexibility index (Phi) is 7.87. The highest BCUT2D eigenvalue weighted by Crippen LogP contribution is 2.09. The molecule has 2 N–H and O–H groups in total. The van der Waals surface area contributed by atoms with Crippen molar-refractivity contribution < 1.29 is 14.3 Å². The summed E-state index contributed by atoms with van der Waals surface area (Å²) in [6.07, 6.45) is 0.775. The molecule has 1 aromatic carbocycles. The molecule has 112 valence electrons. The second-order valence-corrected chi connectivity index (χ2v) is 4.52. The van der Waals surface area contributed by atoms with E-state index in [2.05, 4.69) is 0 Å². The van der Waals surface area contributed by atoms with Gasteiger partial charge in [0.15, 0.2) is 0 Å². The van der Waals surface area contributed by atoms with Crippen molar-refractivity contribution in [3.05, 3.63) is 35.4 Å². The highest BCUT2D eigenvalue weighted by molar-refractivity contribution is 5.94. The van der Waals surface area contributed by atoms with Gasteiger partial charge in [0, 0.05) is 32.9 Å². The van der Waals surface area contributed by atoms with Crippen molar-refractivity contribution in [1.82, 2.24) is 4.90 Å². The van der Waals surface area contributed by atoms with Gasteiger partial charge >= 0.3 is 0 Å². The number of methoxy groups -OCH3 is 2. The zero-order valence-corrected chi connectivity index (χ0v) is 12.3. The molecule has 1 amide bonds. The monoisotopic (exact) mass is 280 g/mol. The lowest BCUT2D eigenvalue weighted by molar-refractivity contribution is 0.0627. The van der Waals surface area contributed by atoms with Crippen LogP contribution in [-0.4, -0.2) is 57.9 Å². The Bertz CT molecular complexity index is 402. The van der Waals surface area contributed by atoms with Crippen LogP contribution in [0.25, 0.3) is 0 Å². The van der Waals surface area contributed by atoms with Crippen LogP contribution in [0.5, 0.6) is 0 Å². The minimum atomic E-state index is -0.00188. The fourth-order valence-electron chi connectivity index (χ4n) is 1.93. The van der Waals surface area contributed by atoms with Crippen molar-refractivity contribution in [3.8, 4) is 0 Å². The summed E-state index contributed by atoms with van der Waals surface area (Å²) in [5, 5.41) is 0. The van der Waals surface area contributed by atoms with Crippen molar-refractivity contribution in [2.24, 2.45) is 5.73 Å². The molecular weight excluding hydrogens is 256 g/mol. The fraction of sp³-hybridized carbons (Fsp3) is 0.533. The van der Waals surface area contributed by atoms with Gasteiger partial charge in [0.2, 0.25) is 0 Å². The number of hydrogen-bond donors (Lipinski definition) is 1. The Morgan fingerprint density at radius 1 is 1.20 bits per heavy atom. The maximum absolute atomic E-state index is 12.5. The van der Waals surface area contributed by atoms with Gasteiger partial charge in [0.25, 0.3) is 5.91 Å². The lowest BCUT2D eigenvalue weighted by atomic mass is 10.1. The van der Waals surface area contributed by atoms with Crippen LogP contribution < -0.4 is 5.73 Å². The largest absolute Gasteiger partial charge is 0.383 e. The number of ether oxygens (including phenoxy) is 2. The van der Waals surface area contributed by atoms with Gasteiger partial charge in [0.1, 0.15) is 0 Å². The quantitative estimate of drug-likeness (QED) is 0.730. The maximum Gasteiger partial charge on any atom is 0.254 e. The molecule has 0 radical (unpaired) electrons. The van der Waals surface area contributed by atoms with Crippen LogP contribution in [0, 0.1) is 0 Å². The van der Waals surface area contributed by atoms with Crippen LogP contribution in [-0.2, 0) is 15.9 Å². The number of rotatable bonds is 9. The molecule has 0 saturated carbocycles. The number of carbonyl (C=O) groups is 1. The number of nitrogens with two attached hydrogens (primary N) is 1. The first-order valence-corrected chi connectivity index (χ1v) is 6.79. The van der Waals surface area contributed by atoms with Crippen molar-refractivity contribution in [2.75, 3.05) is 47.1 Å². The number of hydrogen-bond acceptors (Lipinski definition) is 4. The lowest BCUT2D eigenvalue weighted by Gasteiger charge is -2.22. The molecule has 0 saturated heterocycles. The molecule has 0 bridgehead atoms. The zero-order chi connectivity index (χ0) is 14.8. The van der Waals surface area contributed by atoms with E-state index in [0.717, 1.165) is 12.0 Å². The summed E-state index contributed by atoms with van der Waals surface area (Å²) >= 11 is 0. The van der Waals surface area contributed by atoms with Gasteiger partial charge in [-0.25, -0.2) is 0 Å². The van der Waals surface area contributed by atoms with Crippen molar-refractivity contribution in [2.45, 2.75) is 6.42 Å². The average Bonchev–Trinajstić information content (AvgIpc) is 2.47. The number of benzene rings is 1. The lowest BCUT2D eigenvalue weighted by Crippen LogP contribution is -2.36. The third kappa shape index (κ3) is 5.28. The number of carbonyl (C=O) groups excluding carboxylic acids is 1. The third-order valence-corrected chi connectivity index (χ3v) is 3.02. The molecule has 5 nitrogen and oxygen atoms in total. The summed E-state index contributed by atoms with van der Waals surface area (Å²) in [5.41, 5.74) is 7.31. The van der Waals surface area contributed by atoms with E-state index in [1.165, 1.54) is 0 Å². The van der Waals surface area contributed by atoms with E-state index in [1.54, 1.807) is 19.1 Å². The van der Waals surface area contributed by atoms with E-state index in [4.69, 9.17) is 15.2 Å². The summed E-state index contributed by atoms with van der Waals surface area (Å²) in [7, 11) is 3.25. The molecule has 0 atom stereocenters. The minimum absolute atomic E-state index is 0.00188. The van der Waals surface area contributed by atoms with Crippen molar-refractivity contribution in [3.63, 3.8) is 0 Å². The Balaban J connectivity index is 2.78. The van der Waals surface area contributed by atoms with Gasteiger partial charge in [-0.3, -0.25) is 4.79 Å². The SMILES string of the molecule is COCCN(CCOC)C(=O)c1cccc(CCN)c1. The second kappa shape index (κ2) is 9.47. The van der Waals surface area contributed by atoms with E-state index in [0.29, 0.717) is 38.4 Å². The smallest absolute Gasteiger partial charge is 0.254 e. The predicted octanol–water partition coefficient (Wildman–Crippen LogP) is 0.923. The topological polar surface area (TPSA) is 64.8 Å². The van der Waals surface area contributed by atoms with Gasteiger partial charge in [0.05, 0.1) is 13.2 Å². The Morgan fingerprint density at radius 3 is 2.40 bits per heavy atom. The molecule has 0 aliphatic heterocycles. The van der Waals surface area contributed by atoms with Crippen LogP contribution in [0.1, 0.15) is 15.9 Å². The van der Waals surface area contributed by atoms with Crippen LogP contribution >= 0.6 is 0 Å². The van der Waals surface area contributed by atoms with Crippen LogP contribution in [0.3, 0.4) is 0 Å². The maximum atomic E-state index is 12.5. The highest BCUT2D eigenvalue weighted by atomic mass is 16.5. The molecule has 0 aromatic heterocycles. The van der Waals surface area contributed by atoms with E-state index >= 15 is 0 Å². The molecular formula is C15H24N2O3. The third-order valence-electron chi connectivity index (χ3n) is 3.02. The Labute approximate surface area is 120 Å². The number of nitrogens with zero attached hydrogens (tertiary/aromatic N) is 1. The fourth-order valence-corrected chi connectivity index (χ4v) is 1.93. The van der Waals surface area contributed by atoms with Gasteiger partial charge in [-0.05, 0) is 30.7 Å². The molecule has 0 aliphatic carbocycles. The molecule has 20 heavy (non-hydrogen) atoms. The van der Waals surface area contributed by atoms with Crippen LogP contribution in [0.4, 0.5) is 0 Å². The standard InChI is InChI=1S/C15H24N2O3/c1-19-10-8-17(9-11-20-2)15(18)14-5-3-4-13(12-14)6-7-16/h3-5,12H,6-11,16H2,1-2H3. The molecule has 0 spiro atoms. The summed E-state index contributed by atoms with van der Waals surface area (Å²) in [5.74, 6) is -0.00188. The molecule has 5 heteroatoms. The molecule has 0 aliphatic rings. The van der Waals surface area contributed by atoms with E-state index < -0.39 is 0 Å². The van der Waals surface area contributed by atoms with Crippen molar-refractivity contribution in [1.29, 1.82) is 0 Å². The molecule has 0 heterocycles. The number of amides is 1. The summed E-state index contributed by atoms with van der Waals surface area (Å²) in [6.45, 7) is 2.71. The Morgan fingerprint density at radius 2 is 1.85 bits per heavy atom. The second-order valence-electron chi connectivity index (χ2n) is 4.52. The van der Waals surface area contributed by atoms with Gasteiger partial charge < -0.3 is 20.1 Å². The van der Waals surface area contributed by atoms with E-state index in [-0.39, 0.29) is 5.91 Å². The van der Waals surface area contributed by atoms with Crippen LogP contribution in [0.2, 0.25) is 0 Å². The summed E-state index contributed by atoms with van der Waals surface area (Å²) in [4.78, 5) is 14.2. The first-order valence-electron chi connectivity index (χ1n) is 6.79. The first-order chi connectivity index (χ1) is 9.72. The zero-order valence-electron chi connectivity index (χ0n) is 12.3. The summed E-state index contributed by atoms with van der Waals surface area (Å²) in [6, 6.07) is 7.61. The van der Waals surface area contributed by atoms with Crippen LogP contribution in [0.15, 0.2) is 24.3 Å². The van der Waals surface area contributed by atoms with E-state index in [9.17, 15) is 4.79 Å². The molecule has 1 aromatic rings. The summed E-state index contributed by atoms with van der Waals surface area (Å²) < 4.78 is 10.1. The molecule has 0 fully saturated rings. The normalized spacial score (nSPS) is 10.6. The highest BCUT2D eigenvalue weighted by Gasteiger charge is 2.15. The van der Waals surface area contributed by atoms with Gasteiger partial charge in [-0.2, -0.15) is 0 Å². The molecule has 1 rings (SSSR count). The van der Waals surface area contributed by atoms with Crippen molar-refractivity contribution >= 4 is 5.91 Å². The minimum Gasteiger partial charge on any atom is -0.383 e. The molecule has 0 unspecified atom stereocenters. The van der Waals surface area contributed by atoms with Gasteiger partial charge in [-0.15, -0.1) is 0 Å². The Hall–Kier alpha value is -1.43. The first kappa shape index (κ1) is 16.6. The van der Waals surface area contributed by atoms with Gasteiger partial charge in [-0.1, -0.05) is 12.1 Å².